The molecule has 4 heteroatoms. The first kappa shape index (κ1) is 10.7. The summed E-state index contributed by atoms with van der Waals surface area (Å²) in [6.45, 7) is 4.19. The zero-order valence-electron chi connectivity index (χ0n) is 9.41. The van der Waals surface area contributed by atoms with E-state index in [0.717, 1.165) is 23.0 Å². The van der Waals surface area contributed by atoms with Crippen LogP contribution in [0.3, 0.4) is 0 Å². The third kappa shape index (κ3) is 1.66. The van der Waals surface area contributed by atoms with Crippen molar-refractivity contribution < 1.29 is 9.53 Å². The lowest BCUT2D eigenvalue weighted by molar-refractivity contribution is 0.0527. The van der Waals surface area contributed by atoms with E-state index in [2.05, 4.69) is 9.97 Å². The van der Waals surface area contributed by atoms with E-state index in [1.165, 1.54) is 0 Å². The van der Waals surface area contributed by atoms with Crippen LogP contribution in [0.2, 0.25) is 0 Å². The van der Waals surface area contributed by atoms with Gasteiger partial charge in [0.25, 0.3) is 0 Å². The van der Waals surface area contributed by atoms with Gasteiger partial charge >= 0.3 is 5.97 Å². The van der Waals surface area contributed by atoms with Crippen LogP contribution >= 0.6 is 0 Å². The molecule has 0 aliphatic rings. The zero-order valence-corrected chi connectivity index (χ0v) is 9.41. The molecule has 84 valence electrons. The molecule has 1 N–H and O–H groups in total. The van der Waals surface area contributed by atoms with Gasteiger partial charge in [0, 0.05) is 29.0 Å². The number of H-pyrrole nitrogens is 1. The van der Waals surface area contributed by atoms with Crippen LogP contribution in [-0.4, -0.2) is 22.5 Å². The van der Waals surface area contributed by atoms with Gasteiger partial charge in [0.2, 0.25) is 0 Å². The smallest absolute Gasteiger partial charge is 0.340 e. The molecular formula is C12H14N2O2. The third-order valence-electron chi connectivity index (χ3n) is 2.51. The minimum atomic E-state index is -0.279. The van der Waals surface area contributed by atoms with Crippen LogP contribution in [0.15, 0.2) is 18.5 Å². The second kappa shape index (κ2) is 4.35. The van der Waals surface area contributed by atoms with Crippen molar-refractivity contribution in [3.8, 4) is 0 Å². The molecule has 0 fully saturated rings. The number of aryl methyl sites for hydroxylation is 1. The summed E-state index contributed by atoms with van der Waals surface area (Å²) in [5.41, 5.74) is 2.45. The molecule has 0 atom stereocenters. The van der Waals surface area contributed by atoms with Gasteiger partial charge < -0.3 is 9.72 Å². The van der Waals surface area contributed by atoms with Gasteiger partial charge in [-0.3, -0.25) is 4.98 Å². The monoisotopic (exact) mass is 218 g/mol. The van der Waals surface area contributed by atoms with Crippen molar-refractivity contribution in [3.63, 3.8) is 0 Å². The number of ether oxygens (including phenoxy) is 1. The van der Waals surface area contributed by atoms with Crippen molar-refractivity contribution in [1.29, 1.82) is 0 Å². The molecule has 2 heterocycles. The van der Waals surface area contributed by atoms with Crippen LogP contribution in [0.1, 0.15) is 29.9 Å². The Bertz CT molecular complexity index is 517. The van der Waals surface area contributed by atoms with E-state index in [1.807, 2.05) is 13.0 Å². The standard InChI is InChI=1S/C12H14N2O2/c1-3-9-11(12(15)16-4-2)8-7-13-6-5-10(8)14-9/h5-7,14H,3-4H2,1-2H3. The second-order valence-corrected chi connectivity index (χ2v) is 3.47. The molecular weight excluding hydrogens is 204 g/mol. The summed E-state index contributed by atoms with van der Waals surface area (Å²) in [5.74, 6) is -0.279. The Morgan fingerprint density at radius 2 is 2.31 bits per heavy atom. The highest BCUT2D eigenvalue weighted by molar-refractivity contribution is 6.05. The molecule has 16 heavy (non-hydrogen) atoms. The summed E-state index contributed by atoms with van der Waals surface area (Å²) < 4.78 is 5.05. The molecule has 0 spiro atoms. The number of pyridine rings is 1. The molecule has 2 rings (SSSR count). The van der Waals surface area contributed by atoms with Crippen molar-refractivity contribution in [2.45, 2.75) is 20.3 Å². The highest BCUT2D eigenvalue weighted by Crippen LogP contribution is 2.22. The van der Waals surface area contributed by atoms with Crippen molar-refractivity contribution in [3.05, 3.63) is 29.7 Å². The topological polar surface area (TPSA) is 55.0 Å². The predicted molar refractivity (Wildman–Crippen MR) is 61.4 cm³/mol. The molecule has 4 nitrogen and oxygen atoms in total. The van der Waals surface area contributed by atoms with Crippen molar-refractivity contribution in [2.24, 2.45) is 0 Å². The van der Waals surface area contributed by atoms with Crippen LogP contribution in [0.4, 0.5) is 0 Å². The molecule has 0 aliphatic heterocycles. The Morgan fingerprint density at radius 1 is 1.50 bits per heavy atom. The minimum Gasteiger partial charge on any atom is -0.462 e. The van der Waals surface area contributed by atoms with Crippen molar-refractivity contribution >= 4 is 16.9 Å². The molecule has 0 aliphatic carbocycles. The summed E-state index contributed by atoms with van der Waals surface area (Å²) in [5, 5.41) is 0.831. The van der Waals surface area contributed by atoms with Crippen LogP contribution in [0.25, 0.3) is 10.9 Å². The van der Waals surface area contributed by atoms with Gasteiger partial charge in [-0.25, -0.2) is 4.79 Å². The van der Waals surface area contributed by atoms with Crippen LogP contribution in [-0.2, 0) is 11.2 Å². The van der Waals surface area contributed by atoms with Gasteiger partial charge in [0.1, 0.15) is 0 Å². The van der Waals surface area contributed by atoms with Gasteiger partial charge in [-0.05, 0) is 19.4 Å². The number of fused-ring (bicyclic) bond motifs is 1. The molecule has 0 aromatic carbocycles. The summed E-state index contributed by atoms with van der Waals surface area (Å²) >= 11 is 0. The zero-order chi connectivity index (χ0) is 11.5. The van der Waals surface area contributed by atoms with E-state index in [4.69, 9.17) is 4.74 Å². The van der Waals surface area contributed by atoms with Gasteiger partial charge in [0.05, 0.1) is 12.2 Å². The fourth-order valence-corrected chi connectivity index (χ4v) is 1.79. The lowest BCUT2D eigenvalue weighted by Crippen LogP contribution is -2.06. The van der Waals surface area contributed by atoms with E-state index in [0.29, 0.717) is 12.2 Å². The molecule has 0 saturated carbocycles. The minimum absolute atomic E-state index is 0.279. The Morgan fingerprint density at radius 3 is 3.00 bits per heavy atom. The average Bonchev–Trinajstić information content (AvgIpc) is 2.67. The fraction of sp³-hybridized carbons (Fsp3) is 0.333. The number of hydrogen-bond acceptors (Lipinski definition) is 3. The van der Waals surface area contributed by atoms with E-state index in [-0.39, 0.29) is 5.97 Å². The first-order chi connectivity index (χ1) is 7.77. The number of nitrogens with one attached hydrogen (secondary N) is 1. The molecule has 2 aromatic rings. The maximum Gasteiger partial charge on any atom is 0.340 e. The number of esters is 1. The molecule has 0 amide bonds. The Hall–Kier alpha value is -1.84. The van der Waals surface area contributed by atoms with Crippen molar-refractivity contribution in [2.75, 3.05) is 6.61 Å². The van der Waals surface area contributed by atoms with Crippen LogP contribution < -0.4 is 0 Å². The van der Waals surface area contributed by atoms with Gasteiger partial charge in [-0.2, -0.15) is 0 Å². The lowest BCUT2D eigenvalue weighted by Gasteiger charge is -2.02. The van der Waals surface area contributed by atoms with E-state index >= 15 is 0 Å². The maximum absolute atomic E-state index is 11.8. The Labute approximate surface area is 93.6 Å². The lowest BCUT2D eigenvalue weighted by atomic mass is 10.1. The molecule has 0 unspecified atom stereocenters. The normalized spacial score (nSPS) is 10.6. The molecule has 0 bridgehead atoms. The van der Waals surface area contributed by atoms with Gasteiger partial charge in [0.15, 0.2) is 0 Å². The van der Waals surface area contributed by atoms with E-state index in [1.54, 1.807) is 19.3 Å². The maximum atomic E-state index is 11.8. The highest BCUT2D eigenvalue weighted by atomic mass is 16.5. The third-order valence-corrected chi connectivity index (χ3v) is 2.51. The largest absolute Gasteiger partial charge is 0.462 e. The SMILES string of the molecule is CCOC(=O)c1c(CC)[nH]c2ccncc12. The van der Waals surface area contributed by atoms with E-state index < -0.39 is 0 Å². The number of aromatic nitrogens is 2. The van der Waals surface area contributed by atoms with E-state index in [9.17, 15) is 4.79 Å². The number of hydrogen-bond donors (Lipinski definition) is 1. The number of rotatable bonds is 3. The number of aromatic amines is 1. The van der Waals surface area contributed by atoms with Gasteiger partial charge in [-0.1, -0.05) is 6.92 Å². The first-order valence-corrected chi connectivity index (χ1v) is 5.39. The number of nitrogens with zero attached hydrogens (tertiary/aromatic N) is 1. The molecule has 2 aromatic heterocycles. The summed E-state index contributed by atoms with van der Waals surface area (Å²) in [4.78, 5) is 19.1. The first-order valence-electron chi connectivity index (χ1n) is 5.39. The Kier molecular flexibility index (Phi) is 2.90. The molecule has 0 radical (unpaired) electrons. The average molecular weight is 218 g/mol. The number of carbonyl (C=O) groups is 1. The summed E-state index contributed by atoms with van der Waals surface area (Å²) in [7, 11) is 0. The van der Waals surface area contributed by atoms with Crippen molar-refractivity contribution in [1.82, 2.24) is 9.97 Å². The van der Waals surface area contributed by atoms with Gasteiger partial charge in [-0.15, -0.1) is 0 Å². The number of carbonyl (C=O) groups excluding carboxylic acids is 1. The summed E-state index contributed by atoms with van der Waals surface area (Å²) in [6.07, 6.45) is 4.16. The second-order valence-electron chi connectivity index (χ2n) is 3.47. The molecule has 0 saturated heterocycles. The quantitative estimate of drug-likeness (QED) is 0.804. The fourth-order valence-electron chi connectivity index (χ4n) is 1.79. The van der Waals surface area contributed by atoms with Crippen LogP contribution in [0.5, 0.6) is 0 Å². The van der Waals surface area contributed by atoms with Crippen LogP contribution in [0, 0.1) is 0 Å². The Balaban J connectivity index is 2.60. The summed E-state index contributed by atoms with van der Waals surface area (Å²) in [6, 6.07) is 1.86. The highest BCUT2D eigenvalue weighted by Gasteiger charge is 2.18. The predicted octanol–water partition coefficient (Wildman–Crippen LogP) is 2.30.